The monoisotopic (exact) mass is 443 g/mol. The van der Waals surface area contributed by atoms with Crippen molar-refractivity contribution in [3.63, 3.8) is 0 Å². The summed E-state index contributed by atoms with van der Waals surface area (Å²) >= 11 is 0. The molecule has 0 atom stereocenters. The summed E-state index contributed by atoms with van der Waals surface area (Å²) in [7, 11) is 1.88. The maximum atomic E-state index is 5.44. The van der Waals surface area contributed by atoms with Crippen molar-refractivity contribution in [1.29, 1.82) is 0 Å². The van der Waals surface area contributed by atoms with Crippen LogP contribution in [0.5, 0.6) is 11.5 Å². The summed E-state index contributed by atoms with van der Waals surface area (Å²) in [6.07, 6.45) is 6.90. The van der Waals surface area contributed by atoms with E-state index in [0.29, 0.717) is 12.2 Å². The van der Waals surface area contributed by atoms with Gasteiger partial charge < -0.3 is 19.7 Å². The lowest BCUT2D eigenvalue weighted by Gasteiger charge is -2.26. The number of ether oxygens (including phenoxy) is 2. The van der Waals surface area contributed by atoms with E-state index in [1.54, 1.807) is 0 Å². The van der Waals surface area contributed by atoms with Crippen molar-refractivity contribution in [1.82, 2.24) is 10.2 Å². The lowest BCUT2D eigenvalue weighted by molar-refractivity contribution is 0.174. The summed E-state index contributed by atoms with van der Waals surface area (Å²) in [5, 5.41) is 3.50. The first-order chi connectivity index (χ1) is 11.3. The van der Waals surface area contributed by atoms with Crippen LogP contribution in [0.1, 0.15) is 37.7 Å². The van der Waals surface area contributed by atoms with Crippen molar-refractivity contribution in [2.45, 2.75) is 38.6 Å². The van der Waals surface area contributed by atoms with Crippen LogP contribution in [0.4, 0.5) is 0 Å². The molecule has 1 spiro atoms. The predicted octanol–water partition coefficient (Wildman–Crippen LogP) is 3.37. The molecule has 2 fully saturated rings. The molecule has 1 saturated carbocycles. The third kappa shape index (κ3) is 3.43. The number of nitrogens with one attached hydrogen (secondary N) is 1. The van der Waals surface area contributed by atoms with Gasteiger partial charge in [-0.1, -0.05) is 18.9 Å². The molecule has 1 aromatic rings. The molecule has 3 aliphatic rings. The Balaban J connectivity index is 0.00000169. The zero-order chi connectivity index (χ0) is 15.7. The molecule has 0 unspecified atom stereocenters. The molecular formula is C18H26IN3O2. The van der Waals surface area contributed by atoms with Gasteiger partial charge in [0.15, 0.2) is 17.5 Å². The molecule has 2 aliphatic heterocycles. The number of rotatable bonds is 2. The van der Waals surface area contributed by atoms with Gasteiger partial charge in [0.25, 0.3) is 0 Å². The van der Waals surface area contributed by atoms with Gasteiger partial charge in [-0.25, -0.2) is 0 Å². The Morgan fingerprint density at radius 1 is 1.21 bits per heavy atom. The fraction of sp³-hybridized carbons (Fsp3) is 0.611. The van der Waals surface area contributed by atoms with Crippen LogP contribution in [0.3, 0.4) is 0 Å². The topological polar surface area (TPSA) is 46.1 Å². The summed E-state index contributed by atoms with van der Waals surface area (Å²) in [5.41, 5.74) is 1.75. The van der Waals surface area contributed by atoms with Gasteiger partial charge in [-0.15, -0.1) is 24.0 Å². The van der Waals surface area contributed by atoms with E-state index >= 15 is 0 Å². The molecule has 6 heteroatoms. The summed E-state index contributed by atoms with van der Waals surface area (Å²) < 4.78 is 10.8. The molecule has 0 aromatic heterocycles. The number of aliphatic imine (C=N–C) groups is 1. The Kier molecular flexibility index (Phi) is 5.42. The van der Waals surface area contributed by atoms with Crippen LogP contribution < -0.4 is 14.8 Å². The largest absolute Gasteiger partial charge is 0.454 e. The van der Waals surface area contributed by atoms with Crippen LogP contribution in [0, 0.1) is 5.41 Å². The summed E-state index contributed by atoms with van der Waals surface area (Å²) in [6.45, 7) is 3.37. The number of hydrogen-bond acceptors (Lipinski definition) is 3. The van der Waals surface area contributed by atoms with Crippen molar-refractivity contribution >= 4 is 29.9 Å². The van der Waals surface area contributed by atoms with Gasteiger partial charge in [-0.3, -0.25) is 4.99 Å². The molecule has 1 saturated heterocycles. The average molecular weight is 443 g/mol. The third-order valence-corrected chi connectivity index (χ3v) is 5.50. The fourth-order valence-electron chi connectivity index (χ4n) is 4.21. The molecular weight excluding hydrogens is 417 g/mol. The number of halogens is 1. The van der Waals surface area contributed by atoms with Gasteiger partial charge in [0.2, 0.25) is 6.79 Å². The Morgan fingerprint density at radius 3 is 2.79 bits per heavy atom. The molecule has 24 heavy (non-hydrogen) atoms. The van der Waals surface area contributed by atoms with Gasteiger partial charge >= 0.3 is 0 Å². The Morgan fingerprint density at radius 2 is 2.00 bits per heavy atom. The van der Waals surface area contributed by atoms with Crippen LogP contribution in [0.15, 0.2) is 23.2 Å². The molecule has 5 nitrogen and oxygen atoms in total. The highest BCUT2D eigenvalue weighted by atomic mass is 127. The maximum absolute atomic E-state index is 5.44. The highest BCUT2D eigenvalue weighted by Gasteiger charge is 2.41. The molecule has 2 heterocycles. The van der Waals surface area contributed by atoms with Crippen LogP contribution in [0.2, 0.25) is 0 Å². The van der Waals surface area contributed by atoms with Crippen molar-refractivity contribution in [2.75, 3.05) is 26.9 Å². The summed E-state index contributed by atoms with van der Waals surface area (Å²) in [5.74, 6) is 2.69. The Labute approximate surface area is 160 Å². The minimum absolute atomic E-state index is 0. The van der Waals surface area contributed by atoms with Crippen LogP contribution in [-0.2, 0) is 6.54 Å². The van der Waals surface area contributed by atoms with Crippen LogP contribution in [0.25, 0.3) is 0 Å². The number of benzene rings is 1. The first-order valence-electron chi connectivity index (χ1n) is 8.62. The van der Waals surface area contributed by atoms with E-state index in [-0.39, 0.29) is 24.0 Å². The van der Waals surface area contributed by atoms with E-state index in [9.17, 15) is 0 Å². The minimum atomic E-state index is 0. The van der Waals surface area contributed by atoms with E-state index in [1.807, 2.05) is 19.2 Å². The van der Waals surface area contributed by atoms with Crippen LogP contribution in [-0.4, -0.2) is 37.8 Å². The lowest BCUT2D eigenvalue weighted by atomic mass is 9.86. The van der Waals surface area contributed by atoms with Crippen molar-refractivity contribution in [2.24, 2.45) is 10.4 Å². The Bertz CT molecular complexity index is 614. The fourth-order valence-corrected chi connectivity index (χ4v) is 4.21. The highest BCUT2D eigenvalue weighted by Crippen LogP contribution is 2.45. The number of fused-ring (bicyclic) bond motifs is 1. The zero-order valence-corrected chi connectivity index (χ0v) is 16.5. The first-order valence-corrected chi connectivity index (χ1v) is 8.62. The Hall–Kier alpha value is -1.18. The number of hydrogen-bond donors (Lipinski definition) is 1. The predicted molar refractivity (Wildman–Crippen MR) is 105 cm³/mol. The smallest absolute Gasteiger partial charge is 0.231 e. The number of nitrogens with zero attached hydrogens (tertiary/aromatic N) is 2. The molecule has 4 rings (SSSR count). The number of likely N-dealkylation sites (tertiary alicyclic amines) is 1. The minimum Gasteiger partial charge on any atom is -0.454 e. The second-order valence-electron chi connectivity index (χ2n) is 6.97. The number of guanidine groups is 1. The van der Waals surface area contributed by atoms with Gasteiger partial charge in [-0.05, 0) is 42.4 Å². The molecule has 1 aromatic carbocycles. The lowest BCUT2D eigenvalue weighted by Crippen LogP contribution is -2.40. The van der Waals surface area contributed by atoms with Gasteiger partial charge in [0, 0.05) is 26.7 Å². The van der Waals surface area contributed by atoms with Crippen molar-refractivity contribution in [3.05, 3.63) is 23.8 Å². The van der Waals surface area contributed by atoms with Gasteiger partial charge in [0.05, 0.1) is 0 Å². The summed E-state index contributed by atoms with van der Waals surface area (Å²) in [6, 6.07) is 6.10. The van der Waals surface area contributed by atoms with Gasteiger partial charge in [0.1, 0.15) is 0 Å². The normalized spacial score (nSPS) is 21.2. The summed E-state index contributed by atoms with van der Waals surface area (Å²) in [4.78, 5) is 6.92. The third-order valence-electron chi connectivity index (χ3n) is 5.50. The van der Waals surface area contributed by atoms with E-state index in [2.05, 4.69) is 21.3 Å². The SMILES string of the molecule is CN=C(NCc1ccc2c(c1)OCO2)N1CCC2(CCCC2)C1.I. The zero-order valence-electron chi connectivity index (χ0n) is 14.2. The molecule has 1 aliphatic carbocycles. The van der Waals surface area contributed by atoms with E-state index < -0.39 is 0 Å². The van der Waals surface area contributed by atoms with E-state index in [1.165, 1.54) is 37.7 Å². The average Bonchev–Trinajstić information content (AvgIpc) is 3.30. The molecule has 1 N–H and O–H groups in total. The van der Waals surface area contributed by atoms with Crippen molar-refractivity contribution in [3.8, 4) is 11.5 Å². The second-order valence-corrected chi connectivity index (χ2v) is 6.97. The standard InChI is InChI=1S/C18H25N3O2.HI/c1-19-17(21-9-8-18(12-21)6-2-3-7-18)20-11-14-4-5-15-16(10-14)23-13-22-15;/h4-5,10H,2-3,6-9,11-13H2,1H3,(H,19,20);1H. The highest BCUT2D eigenvalue weighted by molar-refractivity contribution is 14.0. The quantitative estimate of drug-likeness (QED) is 0.433. The van der Waals surface area contributed by atoms with Crippen LogP contribution >= 0.6 is 24.0 Å². The van der Waals surface area contributed by atoms with E-state index in [0.717, 1.165) is 37.1 Å². The molecule has 0 bridgehead atoms. The first kappa shape index (κ1) is 17.6. The van der Waals surface area contributed by atoms with Crippen molar-refractivity contribution < 1.29 is 9.47 Å². The second kappa shape index (κ2) is 7.37. The maximum Gasteiger partial charge on any atom is 0.231 e. The molecule has 0 radical (unpaired) electrons. The molecule has 132 valence electrons. The molecule has 0 amide bonds. The van der Waals surface area contributed by atoms with E-state index in [4.69, 9.17) is 9.47 Å². The van der Waals surface area contributed by atoms with Gasteiger partial charge in [-0.2, -0.15) is 0 Å².